The molecule has 22 heavy (non-hydrogen) atoms. The number of carbonyl (C=O) groups excluding carboxylic acids is 2. The Morgan fingerprint density at radius 2 is 1.95 bits per heavy atom. The lowest BCUT2D eigenvalue weighted by atomic mass is 9.75. The summed E-state index contributed by atoms with van der Waals surface area (Å²) in [7, 11) is 3.44. The minimum atomic E-state index is -0.102. The molecule has 1 unspecified atom stereocenters. The summed E-state index contributed by atoms with van der Waals surface area (Å²) in [5.74, 6) is 0.0361. The van der Waals surface area contributed by atoms with Crippen LogP contribution in [0, 0.1) is 0 Å². The Kier molecular flexibility index (Phi) is 3.38. The molecule has 2 aliphatic rings. The van der Waals surface area contributed by atoms with Crippen LogP contribution in [-0.4, -0.2) is 60.4 Å². The summed E-state index contributed by atoms with van der Waals surface area (Å²) < 4.78 is 0. The van der Waals surface area contributed by atoms with Crippen LogP contribution in [0.25, 0.3) is 0 Å². The van der Waals surface area contributed by atoms with E-state index in [1.165, 1.54) is 16.0 Å². The van der Waals surface area contributed by atoms with Crippen LogP contribution in [0.4, 0.5) is 4.79 Å². The highest BCUT2D eigenvalue weighted by Crippen LogP contribution is 2.41. The second kappa shape index (κ2) is 5.00. The number of carbonyl (C=O) groups is 2. The first-order valence-electron chi connectivity index (χ1n) is 7.66. The Morgan fingerprint density at radius 3 is 2.64 bits per heavy atom. The molecule has 1 aromatic rings. The van der Waals surface area contributed by atoms with Crippen molar-refractivity contribution in [3.8, 4) is 0 Å². The van der Waals surface area contributed by atoms with E-state index in [1.807, 2.05) is 17.0 Å². The minimum absolute atomic E-state index is 0.0330. The lowest BCUT2D eigenvalue weighted by Gasteiger charge is -2.49. The lowest BCUT2D eigenvalue weighted by Crippen LogP contribution is -2.59. The second-order valence-electron chi connectivity index (χ2n) is 7.07. The smallest absolute Gasteiger partial charge is 0.320 e. The van der Waals surface area contributed by atoms with E-state index in [9.17, 15) is 9.59 Å². The monoisotopic (exact) mass is 301 g/mol. The molecule has 0 aliphatic carbocycles. The summed E-state index contributed by atoms with van der Waals surface area (Å²) >= 11 is 0. The SMILES string of the molecule is CN(C)C(=O)N1CC(=O)N2CC(C)(C)c3ccccc3C2C1. The molecule has 3 amide bonds. The van der Waals surface area contributed by atoms with Crippen molar-refractivity contribution in [3.63, 3.8) is 0 Å². The van der Waals surface area contributed by atoms with Crippen molar-refractivity contribution in [2.75, 3.05) is 33.7 Å². The molecule has 2 aliphatic heterocycles. The Morgan fingerprint density at radius 1 is 1.27 bits per heavy atom. The van der Waals surface area contributed by atoms with Gasteiger partial charge in [-0.2, -0.15) is 0 Å². The zero-order chi connectivity index (χ0) is 16.1. The standard InChI is InChI=1S/C17H23N3O2/c1-17(2)11-20-14(12-7-5-6-8-13(12)17)9-19(10-15(20)21)16(22)18(3)4/h5-8,14H,9-11H2,1-4H3. The average Bonchev–Trinajstić information content (AvgIpc) is 2.47. The molecule has 1 atom stereocenters. The number of hydrogen-bond acceptors (Lipinski definition) is 2. The van der Waals surface area contributed by atoms with E-state index in [0.29, 0.717) is 13.1 Å². The van der Waals surface area contributed by atoms with Gasteiger partial charge in [0.05, 0.1) is 6.04 Å². The number of urea groups is 1. The lowest BCUT2D eigenvalue weighted by molar-refractivity contribution is -0.140. The van der Waals surface area contributed by atoms with Gasteiger partial charge in [0.15, 0.2) is 0 Å². The van der Waals surface area contributed by atoms with E-state index in [2.05, 4.69) is 26.0 Å². The average molecular weight is 301 g/mol. The highest BCUT2D eigenvalue weighted by Gasteiger charge is 2.44. The number of rotatable bonds is 0. The Bertz CT molecular complexity index is 624. The third kappa shape index (κ3) is 2.25. The molecule has 0 bridgehead atoms. The molecule has 0 radical (unpaired) electrons. The molecule has 118 valence electrons. The van der Waals surface area contributed by atoms with Crippen LogP contribution in [0.2, 0.25) is 0 Å². The fourth-order valence-electron chi connectivity index (χ4n) is 3.61. The Hall–Kier alpha value is -2.04. The number of benzene rings is 1. The van der Waals surface area contributed by atoms with E-state index >= 15 is 0 Å². The summed E-state index contributed by atoms with van der Waals surface area (Å²) in [6.45, 7) is 5.79. The molecule has 1 fully saturated rings. The molecule has 2 heterocycles. The molecular formula is C17H23N3O2. The van der Waals surface area contributed by atoms with Crippen molar-refractivity contribution in [2.24, 2.45) is 0 Å². The summed E-state index contributed by atoms with van der Waals surface area (Å²) in [4.78, 5) is 29.9. The number of fused-ring (bicyclic) bond motifs is 3. The van der Waals surface area contributed by atoms with E-state index in [1.54, 1.807) is 19.0 Å². The number of piperazine rings is 1. The predicted octanol–water partition coefficient (Wildman–Crippen LogP) is 1.84. The van der Waals surface area contributed by atoms with Crippen LogP contribution in [0.15, 0.2) is 24.3 Å². The third-order valence-corrected chi connectivity index (χ3v) is 4.68. The number of nitrogens with zero attached hydrogens (tertiary/aromatic N) is 3. The molecule has 0 N–H and O–H groups in total. The number of amides is 3. The molecule has 5 heteroatoms. The van der Waals surface area contributed by atoms with Crippen molar-refractivity contribution in [1.82, 2.24) is 14.7 Å². The van der Waals surface area contributed by atoms with Gasteiger partial charge < -0.3 is 14.7 Å². The van der Waals surface area contributed by atoms with Crippen LogP contribution in [0.3, 0.4) is 0 Å². The highest BCUT2D eigenvalue weighted by molar-refractivity contribution is 5.86. The van der Waals surface area contributed by atoms with Gasteiger partial charge in [0.2, 0.25) is 5.91 Å². The Labute approximate surface area is 131 Å². The molecule has 1 saturated heterocycles. The van der Waals surface area contributed by atoms with Gasteiger partial charge in [-0.25, -0.2) is 4.79 Å². The van der Waals surface area contributed by atoms with Crippen molar-refractivity contribution in [1.29, 1.82) is 0 Å². The quantitative estimate of drug-likeness (QED) is 0.734. The van der Waals surface area contributed by atoms with E-state index < -0.39 is 0 Å². The molecule has 1 aromatic carbocycles. The molecule has 0 aromatic heterocycles. The minimum Gasteiger partial charge on any atom is -0.331 e. The topological polar surface area (TPSA) is 43.9 Å². The van der Waals surface area contributed by atoms with Crippen LogP contribution in [0.1, 0.15) is 31.0 Å². The predicted molar refractivity (Wildman–Crippen MR) is 84.6 cm³/mol. The zero-order valence-corrected chi connectivity index (χ0v) is 13.7. The van der Waals surface area contributed by atoms with Crippen molar-refractivity contribution < 1.29 is 9.59 Å². The molecule has 5 nitrogen and oxygen atoms in total. The third-order valence-electron chi connectivity index (χ3n) is 4.68. The molecule has 3 rings (SSSR count). The maximum absolute atomic E-state index is 12.6. The summed E-state index contributed by atoms with van der Waals surface area (Å²) in [6.07, 6.45) is 0. The van der Waals surface area contributed by atoms with Gasteiger partial charge in [0, 0.05) is 32.6 Å². The molecular weight excluding hydrogens is 278 g/mol. The summed E-state index contributed by atoms with van der Waals surface area (Å²) in [5, 5.41) is 0. The fraction of sp³-hybridized carbons (Fsp3) is 0.529. The van der Waals surface area contributed by atoms with Gasteiger partial charge in [-0.1, -0.05) is 38.1 Å². The van der Waals surface area contributed by atoms with Gasteiger partial charge in [-0.15, -0.1) is 0 Å². The first-order chi connectivity index (χ1) is 10.3. The van der Waals surface area contributed by atoms with Crippen molar-refractivity contribution in [2.45, 2.75) is 25.3 Å². The summed E-state index contributed by atoms with van der Waals surface area (Å²) in [5.41, 5.74) is 2.39. The van der Waals surface area contributed by atoms with Gasteiger partial charge in [0.25, 0.3) is 0 Å². The van der Waals surface area contributed by atoms with Crippen molar-refractivity contribution in [3.05, 3.63) is 35.4 Å². The van der Waals surface area contributed by atoms with Gasteiger partial charge in [-0.3, -0.25) is 4.79 Å². The first kappa shape index (κ1) is 14.9. The fourth-order valence-corrected chi connectivity index (χ4v) is 3.61. The first-order valence-corrected chi connectivity index (χ1v) is 7.66. The maximum atomic E-state index is 12.6. The second-order valence-corrected chi connectivity index (χ2v) is 7.07. The normalized spacial score (nSPS) is 22.9. The van der Waals surface area contributed by atoms with Gasteiger partial charge >= 0.3 is 6.03 Å². The van der Waals surface area contributed by atoms with Crippen LogP contribution in [-0.2, 0) is 10.2 Å². The van der Waals surface area contributed by atoms with E-state index in [0.717, 1.165) is 0 Å². The molecule has 0 spiro atoms. The van der Waals surface area contributed by atoms with E-state index in [-0.39, 0.29) is 29.9 Å². The van der Waals surface area contributed by atoms with Crippen LogP contribution < -0.4 is 0 Å². The summed E-state index contributed by atoms with van der Waals surface area (Å²) in [6, 6.07) is 8.15. The Balaban J connectivity index is 2.00. The van der Waals surface area contributed by atoms with E-state index in [4.69, 9.17) is 0 Å². The van der Waals surface area contributed by atoms with Gasteiger partial charge in [-0.05, 0) is 11.1 Å². The highest BCUT2D eigenvalue weighted by atomic mass is 16.2. The van der Waals surface area contributed by atoms with Crippen LogP contribution >= 0.6 is 0 Å². The van der Waals surface area contributed by atoms with Crippen LogP contribution in [0.5, 0.6) is 0 Å². The van der Waals surface area contributed by atoms with Gasteiger partial charge in [0.1, 0.15) is 6.54 Å². The molecule has 0 saturated carbocycles. The van der Waals surface area contributed by atoms with Crippen molar-refractivity contribution >= 4 is 11.9 Å². The zero-order valence-electron chi connectivity index (χ0n) is 13.7. The number of hydrogen-bond donors (Lipinski definition) is 0. The largest absolute Gasteiger partial charge is 0.331 e. The maximum Gasteiger partial charge on any atom is 0.320 e.